The number of carboxylic acid groups (broad SMARTS) is 1. The number of aliphatic carboxylic acids is 1. The summed E-state index contributed by atoms with van der Waals surface area (Å²) in [7, 11) is 1.69. The number of nitrogens with zero attached hydrogens (tertiary/aromatic N) is 1. The third-order valence-corrected chi connectivity index (χ3v) is 7.02. The minimum atomic E-state index is -1.18. The van der Waals surface area contributed by atoms with Gasteiger partial charge in [0, 0.05) is 47.9 Å². The van der Waals surface area contributed by atoms with Gasteiger partial charge < -0.3 is 14.8 Å². The summed E-state index contributed by atoms with van der Waals surface area (Å²) >= 11 is 0. The monoisotopic (exact) mass is 452 g/mol. The number of carbonyl (C=O) groups is 1. The van der Waals surface area contributed by atoms with Gasteiger partial charge in [-0.2, -0.15) is 0 Å². The Bertz CT molecular complexity index is 1240. The lowest BCUT2D eigenvalue weighted by molar-refractivity contribution is -0.131. The molecular weight excluding hydrogens is 426 g/mol. The van der Waals surface area contributed by atoms with Crippen LogP contribution in [0.2, 0.25) is 0 Å². The fraction of sp³-hybridized carbons (Fsp3) is 0.346. The molecule has 2 aliphatic rings. The number of hydrogen-bond acceptors (Lipinski definition) is 3. The van der Waals surface area contributed by atoms with Gasteiger partial charge in [-0.3, -0.25) is 4.90 Å². The average molecular weight is 453 g/mol. The van der Waals surface area contributed by atoms with Crippen LogP contribution in [-0.4, -0.2) is 46.3 Å². The zero-order valence-electron chi connectivity index (χ0n) is 18.6. The van der Waals surface area contributed by atoms with Gasteiger partial charge in [-0.25, -0.2) is 13.6 Å². The highest BCUT2D eigenvalue weighted by atomic mass is 19.1. The van der Waals surface area contributed by atoms with Crippen LogP contribution in [-0.2, 0) is 16.0 Å². The van der Waals surface area contributed by atoms with Crippen molar-refractivity contribution in [2.45, 2.75) is 43.9 Å². The Balaban J connectivity index is 1.67. The highest BCUT2D eigenvalue weighted by Gasteiger charge is 2.49. The second kappa shape index (κ2) is 8.08. The number of para-hydroxylation sites is 1. The van der Waals surface area contributed by atoms with E-state index in [1.165, 1.54) is 18.2 Å². The van der Waals surface area contributed by atoms with Gasteiger partial charge in [-0.05, 0) is 61.6 Å². The molecule has 2 atom stereocenters. The number of methoxy groups -OCH3 is 1. The summed E-state index contributed by atoms with van der Waals surface area (Å²) in [5, 5.41) is 9.92. The Morgan fingerprint density at radius 3 is 2.61 bits per heavy atom. The maximum atomic E-state index is 15.5. The van der Waals surface area contributed by atoms with Gasteiger partial charge >= 0.3 is 5.97 Å². The minimum absolute atomic E-state index is 0.0336. The molecular formula is C26H26F2N2O3. The fourth-order valence-electron chi connectivity index (χ4n) is 5.09. The molecule has 7 heteroatoms. The molecule has 2 heterocycles. The number of carboxylic acids is 1. The van der Waals surface area contributed by atoms with E-state index in [0.29, 0.717) is 6.54 Å². The van der Waals surface area contributed by atoms with Crippen molar-refractivity contribution in [1.82, 2.24) is 9.88 Å². The molecule has 1 aliphatic heterocycles. The molecule has 2 unspecified atom stereocenters. The predicted molar refractivity (Wildman–Crippen MR) is 122 cm³/mol. The SMILES string of the molecule is COC1(CN2C(C)Cc3c([nH]c4ccccc34)C2c2c(F)cc(/C=C/C(=O)O)cc2F)CC1. The molecule has 0 amide bonds. The number of H-pyrrole nitrogens is 1. The summed E-state index contributed by atoms with van der Waals surface area (Å²) in [6.07, 6.45) is 4.66. The first kappa shape index (κ1) is 21.8. The number of rotatable bonds is 6. The Labute approximate surface area is 190 Å². The van der Waals surface area contributed by atoms with E-state index in [1.807, 2.05) is 24.3 Å². The first-order chi connectivity index (χ1) is 15.8. The summed E-state index contributed by atoms with van der Waals surface area (Å²) in [6.45, 7) is 2.66. The van der Waals surface area contributed by atoms with Crippen LogP contribution in [0.5, 0.6) is 0 Å². The van der Waals surface area contributed by atoms with E-state index in [1.54, 1.807) is 7.11 Å². The highest BCUT2D eigenvalue weighted by molar-refractivity contribution is 5.86. The summed E-state index contributed by atoms with van der Waals surface area (Å²) in [5.41, 5.74) is 2.67. The van der Waals surface area contributed by atoms with Crippen LogP contribution in [0.3, 0.4) is 0 Å². The topological polar surface area (TPSA) is 65.6 Å². The second-order valence-corrected chi connectivity index (χ2v) is 9.15. The number of benzene rings is 2. The first-order valence-corrected chi connectivity index (χ1v) is 11.1. The molecule has 0 saturated heterocycles. The second-order valence-electron chi connectivity index (χ2n) is 9.15. The van der Waals surface area contributed by atoms with Crippen molar-refractivity contribution in [2.75, 3.05) is 13.7 Å². The molecule has 1 fully saturated rings. The quantitative estimate of drug-likeness (QED) is 0.513. The minimum Gasteiger partial charge on any atom is -0.478 e. The van der Waals surface area contributed by atoms with E-state index in [-0.39, 0.29) is 22.8 Å². The number of hydrogen-bond donors (Lipinski definition) is 2. The Morgan fingerprint density at radius 2 is 1.97 bits per heavy atom. The molecule has 1 aliphatic carbocycles. The number of halogens is 2. The van der Waals surface area contributed by atoms with Crippen molar-refractivity contribution in [2.24, 2.45) is 0 Å². The van der Waals surface area contributed by atoms with Crippen molar-refractivity contribution < 1.29 is 23.4 Å². The van der Waals surface area contributed by atoms with Crippen LogP contribution >= 0.6 is 0 Å². The van der Waals surface area contributed by atoms with Crippen LogP contribution in [0, 0.1) is 11.6 Å². The summed E-state index contributed by atoms with van der Waals surface area (Å²) < 4.78 is 36.8. The maximum absolute atomic E-state index is 15.5. The van der Waals surface area contributed by atoms with Crippen LogP contribution in [0.15, 0.2) is 42.5 Å². The molecule has 0 bridgehead atoms. The number of ether oxygens (including phenoxy) is 1. The molecule has 3 aromatic rings. The van der Waals surface area contributed by atoms with Gasteiger partial charge in [0.1, 0.15) is 11.6 Å². The molecule has 2 N–H and O–H groups in total. The van der Waals surface area contributed by atoms with Gasteiger partial charge in [0.25, 0.3) is 0 Å². The third-order valence-electron chi connectivity index (χ3n) is 7.02. The molecule has 1 saturated carbocycles. The maximum Gasteiger partial charge on any atom is 0.328 e. The van der Waals surface area contributed by atoms with Gasteiger partial charge in [0.2, 0.25) is 0 Å². The number of aromatic nitrogens is 1. The first-order valence-electron chi connectivity index (χ1n) is 11.1. The van der Waals surface area contributed by atoms with Gasteiger partial charge in [0.05, 0.1) is 11.6 Å². The van der Waals surface area contributed by atoms with Gasteiger partial charge in [-0.1, -0.05) is 18.2 Å². The number of nitrogens with one attached hydrogen (secondary N) is 1. The normalized spacial score (nSPS) is 22.1. The average Bonchev–Trinajstić information content (AvgIpc) is 3.47. The lowest BCUT2D eigenvalue weighted by atomic mass is 9.87. The largest absolute Gasteiger partial charge is 0.478 e. The summed E-state index contributed by atoms with van der Waals surface area (Å²) in [5.74, 6) is -2.57. The smallest absolute Gasteiger partial charge is 0.328 e. The lowest BCUT2D eigenvalue weighted by Crippen LogP contribution is -2.47. The summed E-state index contributed by atoms with van der Waals surface area (Å²) in [4.78, 5) is 16.4. The van der Waals surface area contributed by atoms with Crippen molar-refractivity contribution in [3.8, 4) is 0 Å². The van der Waals surface area contributed by atoms with Crippen molar-refractivity contribution in [3.63, 3.8) is 0 Å². The van der Waals surface area contributed by atoms with Gasteiger partial charge in [0.15, 0.2) is 0 Å². The Kier molecular flexibility index (Phi) is 5.34. The van der Waals surface area contributed by atoms with Crippen LogP contribution in [0.25, 0.3) is 17.0 Å². The zero-order valence-corrected chi connectivity index (χ0v) is 18.6. The van der Waals surface area contributed by atoms with Gasteiger partial charge in [-0.15, -0.1) is 0 Å². The third kappa shape index (κ3) is 3.85. The lowest BCUT2D eigenvalue weighted by Gasteiger charge is -2.42. The van der Waals surface area contributed by atoms with Crippen molar-refractivity contribution >= 4 is 22.9 Å². The van der Waals surface area contributed by atoms with E-state index in [0.717, 1.165) is 47.5 Å². The Hall–Kier alpha value is -3.03. The molecule has 172 valence electrons. The molecule has 5 rings (SSSR count). The molecule has 5 nitrogen and oxygen atoms in total. The number of fused-ring (bicyclic) bond motifs is 3. The predicted octanol–water partition coefficient (Wildman–Crippen LogP) is 5.06. The Morgan fingerprint density at radius 1 is 1.27 bits per heavy atom. The molecule has 0 spiro atoms. The van der Waals surface area contributed by atoms with E-state index in [9.17, 15) is 4.79 Å². The standard InChI is InChI=1S/C26H26F2N2O3/c1-15-11-18-17-5-3-4-6-21(17)29-24(18)25(30(15)14-26(33-2)9-10-26)23-19(27)12-16(13-20(23)28)7-8-22(31)32/h3-8,12-13,15,25,29H,9-11,14H2,1-2H3,(H,31,32)/b8-7+. The fourth-order valence-corrected chi connectivity index (χ4v) is 5.09. The van der Waals surface area contributed by atoms with Crippen LogP contribution < -0.4 is 0 Å². The molecule has 0 radical (unpaired) electrons. The van der Waals surface area contributed by atoms with Crippen molar-refractivity contribution in [1.29, 1.82) is 0 Å². The molecule has 1 aromatic heterocycles. The summed E-state index contributed by atoms with van der Waals surface area (Å²) in [6, 6.07) is 9.70. The van der Waals surface area contributed by atoms with Crippen LogP contribution in [0.1, 0.15) is 48.2 Å². The van der Waals surface area contributed by atoms with Crippen molar-refractivity contribution in [3.05, 3.63) is 76.5 Å². The molecule has 33 heavy (non-hydrogen) atoms. The van der Waals surface area contributed by atoms with E-state index < -0.39 is 23.6 Å². The highest BCUT2D eigenvalue weighted by Crippen LogP contribution is 2.47. The van der Waals surface area contributed by atoms with E-state index in [4.69, 9.17) is 9.84 Å². The zero-order chi connectivity index (χ0) is 23.3. The van der Waals surface area contributed by atoms with E-state index >= 15 is 8.78 Å². The molecule has 2 aromatic carbocycles. The number of aromatic amines is 1. The van der Waals surface area contributed by atoms with E-state index in [2.05, 4.69) is 16.8 Å². The van der Waals surface area contributed by atoms with Crippen LogP contribution in [0.4, 0.5) is 8.78 Å².